The molecule has 1 aromatic heterocycles. The number of ether oxygens (including phenoxy) is 1. The first-order valence-electron chi connectivity index (χ1n) is 9.05. The molecular formula is C19H21ClN2O5S2. The number of hydrogen-bond donors (Lipinski definition) is 1. The highest BCUT2D eigenvalue weighted by molar-refractivity contribution is 7.89. The van der Waals surface area contributed by atoms with Gasteiger partial charge in [0.2, 0.25) is 10.0 Å². The number of nitrogens with zero attached hydrogens (tertiary/aromatic N) is 1. The molecular weight excluding hydrogens is 436 g/mol. The van der Waals surface area contributed by atoms with Crippen LogP contribution in [0.4, 0.5) is 0 Å². The summed E-state index contributed by atoms with van der Waals surface area (Å²) >= 11 is 7.49. The molecule has 156 valence electrons. The van der Waals surface area contributed by atoms with Gasteiger partial charge in [0.05, 0.1) is 11.3 Å². The number of halogens is 1. The summed E-state index contributed by atoms with van der Waals surface area (Å²) in [6.07, 6.45) is -0.316. The Balaban J connectivity index is 1.46. The van der Waals surface area contributed by atoms with E-state index in [1.165, 1.54) is 30.0 Å². The largest absolute Gasteiger partial charge is 0.452 e. The molecule has 1 aromatic carbocycles. The molecule has 1 atom stereocenters. The second-order valence-electron chi connectivity index (χ2n) is 6.62. The molecule has 2 aromatic rings. The zero-order valence-corrected chi connectivity index (χ0v) is 18.1. The van der Waals surface area contributed by atoms with Crippen molar-refractivity contribution in [2.75, 3.05) is 13.1 Å². The minimum absolute atomic E-state index is 0.0137. The molecule has 3 rings (SSSR count). The molecule has 0 saturated carbocycles. The number of hydrogen-bond acceptors (Lipinski definition) is 6. The summed E-state index contributed by atoms with van der Waals surface area (Å²) in [5.41, 5.74) is 1.13. The van der Waals surface area contributed by atoms with E-state index >= 15 is 0 Å². The molecule has 2 heterocycles. The summed E-state index contributed by atoms with van der Waals surface area (Å²) in [7, 11) is -3.78. The first kappa shape index (κ1) is 21.8. The first-order valence-corrected chi connectivity index (χ1v) is 11.8. The minimum Gasteiger partial charge on any atom is -0.452 e. The lowest BCUT2D eigenvalue weighted by Crippen LogP contribution is -2.42. The summed E-state index contributed by atoms with van der Waals surface area (Å²) in [4.78, 5) is 27.5. The van der Waals surface area contributed by atoms with Crippen LogP contribution in [0.15, 0.2) is 40.6 Å². The van der Waals surface area contributed by atoms with Crippen LogP contribution in [0.25, 0.3) is 0 Å². The van der Waals surface area contributed by atoms with Crippen molar-refractivity contribution in [2.45, 2.75) is 37.3 Å². The molecule has 1 amide bonds. The van der Waals surface area contributed by atoms with Gasteiger partial charge in [-0.25, -0.2) is 13.1 Å². The van der Waals surface area contributed by atoms with Crippen molar-refractivity contribution in [3.05, 3.63) is 51.2 Å². The molecule has 1 N–H and O–H groups in total. The number of fused-ring (bicyclic) bond motifs is 1. The van der Waals surface area contributed by atoms with E-state index in [0.717, 1.165) is 12.0 Å². The number of amides is 1. The molecule has 1 aliphatic rings. The quantitative estimate of drug-likeness (QED) is 0.646. The Bertz CT molecular complexity index is 1010. The van der Waals surface area contributed by atoms with Gasteiger partial charge in [-0.1, -0.05) is 17.7 Å². The van der Waals surface area contributed by atoms with E-state index in [4.69, 9.17) is 16.3 Å². The maximum Gasteiger partial charge on any atom is 0.307 e. The van der Waals surface area contributed by atoms with Crippen LogP contribution in [0, 0.1) is 0 Å². The van der Waals surface area contributed by atoms with Gasteiger partial charge in [-0.3, -0.25) is 9.59 Å². The second kappa shape index (κ2) is 9.25. The lowest BCUT2D eigenvalue weighted by molar-refractivity contribution is -0.159. The number of sulfonamides is 1. The van der Waals surface area contributed by atoms with Crippen LogP contribution >= 0.6 is 22.9 Å². The van der Waals surface area contributed by atoms with Crippen molar-refractivity contribution in [1.82, 2.24) is 9.62 Å². The van der Waals surface area contributed by atoms with E-state index in [0.29, 0.717) is 18.1 Å². The summed E-state index contributed by atoms with van der Waals surface area (Å²) in [5, 5.41) is 2.30. The molecule has 10 heteroatoms. The summed E-state index contributed by atoms with van der Waals surface area (Å²) in [5.74, 6) is -0.900. The number of esters is 1. The standard InChI is InChI=1S/C19H21ClN2O5S2/c1-13(19(24)22-9-6-17-14(12-22)7-10-28-17)27-18(23)5-8-21-29(25,26)16-4-2-3-15(20)11-16/h2-4,7,10-11,13,21H,5-6,8-9,12H2,1H3. The van der Waals surface area contributed by atoms with Crippen molar-refractivity contribution in [2.24, 2.45) is 0 Å². The maximum absolute atomic E-state index is 12.5. The summed E-state index contributed by atoms with van der Waals surface area (Å²) < 4.78 is 31.9. The van der Waals surface area contributed by atoms with Gasteiger partial charge in [-0.15, -0.1) is 11.3 Å². The SMILES string of the molecule is CC(OC(=O)CCNS(=O)(=O)c1cccc(Cl)c1)C(=O)N1CCc2sccc2C1. The van der Waals surface area contributed by atoms with Crippen LogP contribution in [0.5, 0.6) is 0 Å². The molecule has 0 aliphatic carbocycles. The molecule has 0 spiro atoms. The van der Waals surface area contributed by atoms with Gasteiger partial charge in [-0.05, 0) is 48.6 Å². The van der Waals surface area contributed by atoms with Gasteiger partial charge < -0.3 is 9.64 Å². The zero-order chi connectivity index (χ0) is 21.0. The second-order valence-corrected chi connectivity index (χ2v) is 9.82. The number of nitrogens with one attached hydrogen (secondary N) is 1. The lowest BCUT2D eigenvalue weighted by Gasteiger charge is -2.29. The van der Waals surface area contributed by atoms with Crippen molar-refractivity contribution in [1.29, 1.82) is 0 Å². The van der Waals surface area contributed by atoms with Crippen LogP contribution in [0.3, 0.4) is 0 Å². The predicted octanol–water partition coefficient (Wildman–Crippen LogP) is 2.59. The maximum atomic E-state index is 12.5. The fraction of sp³-hybridized carbons (Fsp3) is 0.368. The Kier molecular flexibility index (Phi) is 6.94. The van der Waals surface area contributed by atoms with Gasteiger partial charge in [0, 0.05) is 29.5 Å². The number of thiophene rings is 1. The average molecular weight is 457 g/mol. The lowest BCUT2D eigenvalue weighted by atomic mass is 10.1. The highest BCUT2D eigenvalue weighted by Gasteiger charge is 2.27. The van der Waals surface area contributed by atoms with Crippen LogP contribution < -0.4 is 4.72 Å². The Hall–Kier alpha value is -1.94. The number of carbonyl (C=O) groups is 2. The van der Waals surface area contributed by atoms with Gasteiger partial charge in [0.1, 0.15) is 0 Å². The minimum atomic E-state index is -3.78. The van der Waals surface area contributed by atoms with Crippen molar-refractivity contribution < 1.29 is 22.7 Å². The molecule has 7 nitrogen and oxygen atoms in total. The fourth-order valence-corrected chi connectivity index (χ4v) is 5.23. The summed E-state index contributed by atoms with van der Waals surface area (Å²) in [6, 6.07) is 7.82. The van der Waals surface area contributed by atoms with Gasteiger partial charge in [0.25, 0.3) is 5.91 Å². The van der Waals surface area contributed by atoms with Gasteiger partial charge >= 0.3 is 5.97 Å². The first-order chi connectivity index (χ1) is 13.8. The van der Waals surface area contributed by atoms with Crippen molar-refractivity contribution in [3.8, 4) is 0 Å². The van der Waals surface area contributed by atoms with E-state index < -0.39 is 22.1 Å². The van der Waals surface area contributed by atoms with Crippen LogP contribution in [0.1, 0.15) is 23.8 Å². The average Bonchev–Trinajstić information content (AvgIpc) is 3.15. The molecule has 0 radical (unpaired) electrons. The zero-order valence-electron chi connectivity index (χ0n) is 15.8. The molecule has 0 bridgehead atoms. The molecule has 1 unspecified atom stereocenters. The number of carbonyl (C=O) groups excluding carboxylic acids is 2. The van der Waals surface area contributed by atoms with Crippen LogP contribution in [-0.2, 0) is 37.3 Å². The summed E-state index contributed by atoms with van der Waals surface area (Å²) in [6.45, 7) is 2.49. The molecule has 0 fully saturated rings. The molecule has 0 saturated heterocycles. The van der Waals surface area contributed by atoms with Gasteiger partial charge in [-0.2, -0.15) is 0 Å². The van der Waals surface area contributed by atoms with Crippen molar-refractivity contribution in [3.63, 3.8) is 0 Å². The van der Waals surface area contributed by atoms with E-state index in [-0.39, 0.29) is 23.8 Å². The third kappa shape index (κ3) is 5.57. The highest BCUT2D eigenvalue weighted by Crippen LogP contribution is 2.24. The van der Waals surface area contributed by atoms with E-state index in [9.17, 15) is 18.0 Å². The van der Waals surface area contributed by atoms with E-state index in [1.807, 2.05) is 11.4 Å². The Labute approximate surface area is 178 Å². The topological polar surface area (TPSA) is 92.8 Å². The monoisotopic (exact) mass is 456 g/mol. The predicted molar refractivity (Wildman–Crippen MR) is 110 cm³/mol. The Morgan fingerprint density at radius 3 is 2.90 bits per heavy atom. The Morgan fingerprint density at radius 1 is 1.34 bits per heavy atom. The van der Waals surface area contributed by atoms with Crippen LogP contribution in [0.2, 0.25) is 5.02 Å². The highest BCUT2D eigenvalue weighted by atomic mass is 35.5. The third-order valence-corrected chi connectivity index (χ3v) is 7.22. The van der Waals surface area contributed by atoms with Crippen LogP contribution in [-0.4, -0.2) is 44.4 Å². The molecule has 29 heavy (non-hydrogen) atoms. The normalized spacial score (nSPS) is 14.9. The fourth-order valence-electron chi connectivity index (χ4n) is 3.01. The number of benzene rings is 1. The molecule has 1 aliphatic heterocycles. The van der Waals surface area contributed by atoms with E-state index in [1.54, 1.807) is 22.3 Å². The third-order valence-electron chi connectivity index (χ3n) is 4.50. The van der Waals surface area contributed by atoms with Crippen molar-refractivity contribution >= 4 is 44.8 Å². The Morgan fingerprint density at radius 2 is 2.14 bits per heavy atom. The van der Waals surface area contributed by atoms with E-state index in [2.05, 4.69) is 4.72 Å². The number of rotatable bonds is 7. The smallest absolute Gasteiger partial charge is 0.307 e. The van der Waals surface area contributed by atoms with Gasteiger partial charge in [0.15, 0.2) is 6.10 Å².